The minimum absolute atomic E-state index is 0.360. The molecular formula is C26H39FN2. The third-order valence-corrected chi connectivity index (χ3v) is 5.64. The van der Waals surface area contributed by atoms with Crippen molar-refractivity contribution in [3.8, 4) is 11.4 Å². The van der Waals surface area contributed by atoms with E-state index in [1.807, 2.05) is 12.1 Å². The molecule has 0 aliphatic rings. The summed E-state index contributed by atoms with van der Waals surface area (Å²) < 4.78 is 14.4. The van der Waals surface area contributed by atoms with Gasteiger partial charge in [0.25, 0.3) is 0 Å². The molecule has 3 heteroatoms. The van der Waals surface area contributed by atoms with Gasteiger partial charge in [-0.2, -0.15) is 9.37 Å². The van der Waals surface area contributed by atoms with E-state index in [0.717, 1.165) is 31.2 Å². The molecule has 0 fully saturated rings. The van der Waals surface area contributed by atoms with Gasteiger partial charge < -0.3 is 0 Å². The van der Waals surface area contributed by atoms with Gasteiger partial charge in [-0.3, -0.25) is 0 Å². The maximum Gasteiger partial charge on any atom is 0.219 e. The second-order valence-corrected chi connectivity index (χ2v) is 8.24. The summed E-state index contributed by atoms with van der Waals surface area (Å²) in [5.41, 5.74) is 2.86. The van der Waals surface area contributed by atoms with Crippen LogP contribution in [0.3, 0.4) is 0 Å². The molecule has 29 heavy (non-hydrogen) atoms. The smallest absolute Gasteiger partial charge is 0.219 e. The molecule has 1 aromatic heterocycles. The molecule has 1 aromatic carbocycles. The molecule has 0 N–H and O–H groups in total. The summed E-state index contributed by atoms with van der Waals surface area (Å²) in [5.74, 6) is 0.125. The lowest BCUT2D eigenvalue weighted by Crippen LogP contribution is -1.99. The first kappa shape index (κ1) is 23.5. The van der Waals surface area contributed by atoms with Crippen molar-refractivity contribution in [2.24, 2.45) is 0 Å². The van der Waals surface area contributed by atoms with Gasteiger partial charge in [0.2, 0.25) is 5.95 Å². The molecule has 0 bridgehead atoms. The van der Waals surface area contributed by atoms with Crippen LogP contribution in [0, 0.1) is 5.95 Å². The Bertz CT molecular complexity index is 682. The van der Waals surface area contributed by atoms with Crippen molar-refractivity contribution >= 4 is 0 Å². The van der Waals surface area contributed by atoms with Crippen molar-refractivity contribution in [2.45, 2.75) is 104 Å². The van der Waals surface area contributed by atoms with Crippen LogP contribution in [-0.4, -0.2) is 9.97 Å². The Kier molecular flexibility index (Phi) is 11.6. The largest absolute Gasteiger partial charge is 0.236 e. The van der Waals surface area contributed by atoms with E-state index in [2.05, 4.69) is 35.9 Å². The van der Waals surface area contributed by atoms with Crippen LogP contribution in [0.5, 0.6) is 0 Å². The zero-order chi connectivity index (χ0) is 20.7. The highest BCUT2D eigenvalue weighted by atomic mass is 19.1. The average molecular weight is 399 g/mol. The normalized spacial score (nSPS) is 11.1. The molecule has 2 nitrogen and oxygen atoms in total. The van der Waals surface area contributed by atoms with E-state index >= 15 is 0 Å². The molecule has 0 saturated heterocycles. The predicted octanol–water partition coefficient (Wildman–Crippen LogP) is 8.09. The Morgan fingerprint density at radius 2 is 1.24 bits per heavy atom. The summed E-state index contributed by atoms with van der Waals surface area (Å²) in [6.45, 7) is 4.47. The summed E-state index contributed by atoms with van der Waals surface area (Å²) in [7, 11) is 0. The molecule has 0 spiro atoms. The lowest BCUT2D eigenvalue weighted by Gasteiger charge is -2.06. The van der Waals surface area contributed by atoms with Gasteiger partial charge in [-0.1, -0.05) is 102 Å². The van der Waals surface area contributed by atoms with E-state index in [4.69, 9.17) is 0 Å². The quantitative estimate of drug-likeness (QED) is 0.224. The van der Waals surface area contributed by atoms with Crippen molar-refractivity contribution in [1.82, 2.24) is 9.97 Å². The Labute approximate surface area is 177 Å². The van der Waals surface area contributed by atoms with Crippen LogP contribution >= 0.6 is 0 Å². The fourth-order valence-electron chi connectivity index (χ4n) is 3.72. The zero-order valence-electron chi connectivity index (χ0n) is 18.6. The Morgan fingerprint density at radius 1 is 0.690 bits per heavy atom. The van der Waals surface area contributed by atoms with Gasteiger partial charge in [0.15, 0.2) is 5.82 Å². The van der Waals surface area contributed by atoms with E-state index < -0.39 is 0 Å². The molecule has 2 aromatic rings. The molecule has 0 radical (unpaired) electrons. The lowest BCUT2D eigenvalue weighted by molar-refractivity contribution is 0.542. The molecule has 0 aliphatic carbocycles. The monoisotopic (exact) mass is 398 g/mol. The molecule has 0 aliphatic heterocycles. The third kappa shape index (κ3) is 9.06. The fourth-order valence-corrected chi connectivity index (χ4v) is 3.72. The third-order valence-electron chi connectivity index (χ3n) is 5.64. The second-order valence-electron chi connectivity index (χ2n) is 8.24. The molecule has 2 rings (SSSR count). The van der Waals surface area contributed by atoms with Gasteiger partial charge in [-0.15, -0.1) is 0 Å². The van der Waals surface area contributed by atoms with Gasteiger partial charge in [0.05, 0.1) is 0 Å². The Balaban J connectivity index is 1.74. The molecule has 160 valence electrons. The minimum atomic E-state index is -0.360. The predicted molar refractivity (Wildman–Crippen MR) is 122 cm³/mol. The number of hydrogen-bond donors (Lipinski definition) is 0. The zero-order valence-corrected chi connectivity index (χ0v) is 18.6. The van der Waals surface area contributed by atoms with E-state index in [1.165, 1.54) is 69.8 Å². The van der Waals surface area contributed by atoms with E-state index in [1.54, 1.807) is 6.20 Å². The van der Waals surface area contributed by atoms with Crippen molar-refractivity contribution in [1.29, 1.82) is 0 Å². The number of aryl methyl sites for hydroxylation is 2. The van der Waals surface area contributed by atoms with Crippen molar-refractivity contribution in [3.05, 3.63) is 47.5 Å². The Hall–Kier alpha value is -1.77. The number of unbranched alkanes of at least 4 members (excludes halogenated alkanes) is 10. The first-order chi connectivity index (χ1) is 14.2. The highest BCUT2D eigenvalue weighted by molar-refractivity contribution is 5.55. The van der Waals surface area contributed by atoms with E-state index in [9.17, 15) is 4.39 Å². The summed E-state index contributed by atoms with van der Waals surface area (Å²) in [6.07, 6.45) is 18.7. The molecule has 1 heterocycles. The number of nitrogens with zero attached hydrogens (tertiary/aromatic N) is 2. The summed E-state index contributed by atoms with van der Waals surface area (Å²) in [5, 5.41) is 0. The van der Waals surface area contributed by atoms with Gasteiger partial charge in [-0.05, 0) is 31.2 Å². The number of benzene rings is 1. The SMILES string of the molecule is CCCCCCCCCCCc1cnc(-c2ccc(CCCCC)cc2)nc1F. The topological polar surface area (TPSA) is 25.8 Å². The number of aromatic nitrogens is 2. The first-order valence-electron chi connectivity index (χ1n) is 11.8. The van der Waals surface area contributed by atoms with Crippen molar-refractivity contribution < 1.29 is 4.39 Å². The molecular weight excluding hydrogens is 359 g/mol. The summed E-state index contributed by atoms with van der Waals surface area (Å²) in [4.78, 5) is 8.55. The molecule has 0 atom stereocenters. The highest BCUT2D eigenvalue weighted by Crippen LogP contribution is 2.19. The molecule has 0 saturated carbocycles. The second kappa shape index (κ2) is 14.3. The van der Waals surface area contributed by atoms with Crippen LogP contribution in [0.4, 0.5) is 4.39 Å². The van der Waals surface area contributed by atoms with Gasteiger partial charge >= 0.3 is 0 Å². The first-order valence-corrected chi connectivity index (χ1v) is 11.8. The van der Waals surface area contributed by atoms with Crippen LogP contribution in [-0.2, 0) is 12.8 Å². The molecule has 0 amide bonds. The van der Waals surface area contributed by atoms with Crippen molar-refractivity contribution in [3.63, 3.8) is 0 Å². The van der Waals surface area contributed by atoms with Crippen LogP contribution in [0.15, 0.2) is 30.5 Å². The maximum atomic E-state index is 14.4. The maximum absolute atomic E-state index is 14.4. The van der Waals surface area contributed by atoms with Gasteiger partial charge in [-0.25, -0.2) is 4.98 Å². The summed E-state index contributed by atoms with van der Waals surface area (Å²) >= 11 is 0. The number of rotatable bonds is 15. The molecule has 0 unspecified atom stereocenters. The van der Waals surface area contributed by atoms with Crippen LogP contribution in [0.25, 0.3) is 11.4 Å². The average Bonchev–Trinajstić information content (AvgIpc) is 2.74. The van der Waals surface area contributed by atoms with Gasteiger partial charge in [0.1, 0.15) is 0 Å². The summed E-state index contributed by atoms with van der Waals surface area (Å²) in [6, 6.07) is 8.25. The van der Waals surface area contributed by atoms with Crippen LogP contribution < -0.4 is 0 Å². The Morgan fingerprint density at radius 3 is 1.86 bits per heavy atom. The number of halogens is 1. The fraction of sp³-hybridized carbons (Fsp3) is 0.615. The van der Waals surface area contributed by atoms with Gasteiger partial charge in [0, 0.05) is 17.3 Å². The lowest BCUT2D eigenvalue weighted by atomic mass is 10.0. The standard InChI is InChI=1S/C26H39FN2/c1-3-5-7-8-9-10-11-12-14-16-24-21-28-26(29-25(24)27)23-19-17-22(18-20-23)15-13-6-4-2/h17-21H,3-16H2,1-2H3. The van der Waals surface area contributed by atoms with E-state index in [0.29, 0.717) is 11.4 Å². The van der Waals surface area contributed by atoms with Crippen molar-refractivity contribution in [2.75, 3.05) is 0 Å². The highest BCUT2D eigenvalue weighted by Gasteiger charge is 2.08. The van der Waals surface area contributed by atoms with Crippen LogP contribution in [0.2, 0.25) is 0 Å². The van der Waals surface area contributed by atoms with Crippen LogP contribution in [0.1, 0.15) is 102 Å². The number of hydrogen-bond acceptors (Lipinski definition) is 2. The van der Waals surface area contributed by atoms with E-state index in [-0.39, 0.29) is 5.95 Å². The minimum Gasteiger partial charge on any atom is -0.236 e.